The van der Waals surface area contributed by atoms with E-state index in [2.05, 4.69) is 11.8 Å². The van der Waals surface area contributed by atoms with E-state index in [-0.39, 0.29) is 0 Å². The second kappa shape index (κ2) is 3.33. The van der Waals surface area contributed by atoms with Crippen LogP contribution in [0.1, 0.15) is 22.8 Å². The quantitative estimate of drug-likeness (QED) is 0.774. The Labute approximate surface area is 83.0 Å². The van der Waals surface area contributed by atoms with E-state index in [0.29, 0.717) is 5.56 Å². The van der Waals surface area contributed by atoms with E-state index in [1.165, 1.54) is 5.56 Å². The minimum Gasteiger partial charge on any atom is -0.478 e. The maximum Gasteiger partial charge on any atom is 0.335 e. The van der Waals surface area contributed by atoms with Gasteiger partial charge in [-0.25, -0.2) is 4.79 Å². The van der Waals surface area contributed by atoms with Crippen LogP contribution in [-0.4, -0.2) is 24.2 Å². The van der Waals surface area contributed by atoms with Gasteiger partial charge in [0, 0.05) is 18.8 Å². The third-order valence-corrected chi connectivity index (χ3v) is 2.71. The zero-order chi connectivity index (χ0) is 10.1. The molecule has 0 saturated heterocycles. The molecule has 1 heterocycles. The van der Waals surface area contributed by atoms with E-state index in [1.807, 2.05) is 6.07 Å². The molecule has 0 spiro atoms. The zero-order valence-corrected chi connectivity index (χ0v) is 8.16. The summed E-state index contributed by atoms with van der Waals surface area (Å²) in [6.45, 7) is 4.04. The minimum atomic E-state index is -0.851. The van der Waals surface area contributed by atoms with E-state index in [1.54, 1.807) is 12.1 Å². The molecule has 14 heavy (non-hydrogen) atoms. The fraction of sp³-hybridized carbons (Fsp3) is 0.364. The third kappa shape index (κ3) is 1.35. The number of carboxylic acid groups (broad SMARTS) is 1. The van der Waals surface area contributed by atoms with Crippen molar-refractivity contribution in [1.29, 1.82) is 0 Å². The molecular weight excluding hydrogens is 178 g/mol. The molecule has 74 valence electrons. The van der Waals surface area contributed by atoms with E-state index in [9.17, 15) is 4.79 Å². The number of aromatic carboxylic acids is 1. The Morgan fingerprint density at radius 1 is 1.57 bits per heavy atom. The van der Waals surface area contributed by atoms with Crippen LogP contribution in [0.4, 0.5) is 5.69 Å². The standard InChI is InChI=1S/C11H13NO2/c1-2-12-6-5-8-3-4-9(11(13)14)7-10(8)12/h3-4,7H,2,5-6H2,1H3,(H,13,14). The lowest BCUT2D eigenvalue weighted by atomic mass is 10.1. The van der Waals surface area contributed by atoms with Crippen LogP contribution in [0.25, 0.3) is 0 Å². The smallest absolute Gasteiger partial charge is 0.335 e. The van der Waals surface area contributed by atoms with E-state index >= 15 is 0 Å². The predicted molar refractivity (Wildman–Crippen MR) is 55.0 cm³/mol. The fourth-order valence-electron chi connectivity index (χ4n) is 1.91. The molecule has 0 amide bonds. The molecule has 0 bridgehead atoms. The van der Waals surface area contributed by atoms with Gasteiger partial charge in [0.15, 0.2) is 0 Å². The number of carbonyl (C=O) groups is 1. The van der Waals surface area contributed by atoms with Crippen LogP contribution in [0.3, 0.4) is 0 Å². The van der Waals surface area contributed by atoms with E-state index in [0.717, 1.165) is 25.2 Å². The number of carboxylic acids is 1. The van der Waals surface area contributed by atoms with Crippen LogP contribution in [-0.2, 0) is 6.42 Å². The molecule has 3 nitrogen and oxygen atoms in total. The Morgan fingerprint density at radius 3 is 3.00 bits per heavy atom. The number of likely N-dealkylation sites (N-methyl/N-ethyl adjacent to an activating group) is 1. The molecule has 1 N–H and O–H groups in total. The molecule has 0 unspecified atom stereocenters. The van der Waals surface area contributed by atoms with Crippen LogP contribution in [0.2, 0.25) is 0 Å². The molecular formula is C11H13NO2. The van der Waals surface area contributed by atoms with Crippen molar-refractivity contribution in [3.63, 3.8) is 0 Å². The topological polar surface area (TPSA) is 40.5 Å². The van der Waals surface area contributed by atoms with E-state index in [4.69, 9.17) is 5.11 Å². The van der Waals surface area contributed by atoms with Crippen LogP contribution >= 0.6 is 0 Å². The molecule has 1 aliphatic heterocycles. The molecule has 0 fully saturated rings. The number of nitrogens with zero attached hydrogens (tertiary/aromatic N) is 1. The van der Waals surface area contributed by atoms with Crippen molar-refractivity contribution in [2.45, 2.75) is 13.3 Å². The maximum absolute atomic E-state index is 10.8. The molecule has 1 aliphatic rings. The van der Waals surface area contributed by atoms with Gasteiger partial charge in [-0.05, 0) is 31.0 Å². The van der Waals surface area contributed by atoms with E-state index < -0.39 is 5.97 Å². The van der Waals surface area contributed by atoms with Crippen molar-refractivity contribution in [2.24, 2.45) is 0 Å². The van der Waals surface area contributed by atoms with Gasteiger partial charge in [-0.15, -0.1) is 0 Å². The summed E-state index contributed by atoms with van der Waals surface area (Å²) in [5, 5.41) is 8.86. The second-order valence-electron chi connectivity index (χ2n) is 3.48. The summed E-state index contributed by atoms with van der Waals surface area (Å²) >= 11 is 0. The van der Waals surface area contributed by atoms with Crippen LogP contribution in [0.5, 0.6) is 0 Å². The molecule has 0 atom stereocenters. The normalized spacial score (nSPS) is 14.2. The summed E-state index contributed by atoms with van der Waals surface area (Å²) in [6, 6.07) is 5.38. The number of benzene rings is 1. The van der Waals surface area contributed by atoms with Crippen LogP contribution in [0.15, 0.2) is 18.2 Å². The summed E-state index contributed by atoms with van der Waals surface area (Å²) in [4.78, 5) is 13.0. The highest BCUT2D eigenvalue weighted by Crippen LogP contribution is 2.28. The zero-order valence-electron chi connectivity index (χ0n) is 8.16. The summed E-state index contributed by atoms with van der Waals surface area (Å²) < 4.78 is 0. The Bertz CT molecular complexity index is 374. The Hall–Kier alpha value is -1.51. The highest BCUT2D eigenvalue weighted by atomic mass is 16.4. The van der Waals surface area contributed by atoms with Gasteiger partial charge in [0.25, 0.3) is 0 Å². The summed E-state index contributed by atoms with van der Waals surface area (Å²) in [5.74, 6) is -0.851. The van der Waals surface area contributed by atoms with Gasteiger partial charge >= 0.3 is 5.97 Å². The molecule has 0 aromatic heterocycles. The fourth-order valence-corrected chi connectivity index (χ4v) is 1.91. The van der Waals surface area contributed by atoms with Gasteiger partial charge in [0.2, 0.25) is 0 Å². The highest BCUT2D eigenvalue weighted by molar-refractivity contribution is 5.89. The molecule has 1 aromatic rings. The SMILES string of the molecule is CCN1CCc2ccc(C(=O)O)cc21. The molecule has 3 heteroatoms. The first kappa shape index (κ1) is 9.06. The lowest BCUT2D eigenvalue weighted by molar-refractivity contribution is 0.0697. The van der Waals surface area contributed by atoms with Crippen LogP contribution in [0, 0.1) is 0 Å². The molecule has 0 aliphatic carbocycles. The number of anilines is 1. The van der Waals surface area contributed by atoms with Crippen molar-refractivity contribution >= 4 is 11.7 Å². The Kier molecular flexibility index (Phi) is 2.15. The monoisotopic (exact) mass is 191 g/mol. The third-order valence-electron chi connectivity index (χ3n) is 2.71. The molecule has 2 rings (SSSR count). The highest BCUT2D eigenvalue weighted by Gasteiger charge is 2.18. The second-order valence-corrected chi connectivity index (χ2v) is 3.48. The average molecular weight is 191 g/mol. The van der Waals surface area contributed by atoms with Crippen molar-refractivity contribution in [3.05, 3.63) is 29.3 Å². The number of rotatable bonds is 2. The number of hydrogen-bond acceptors (Lipinski definition) is 2. The van der Waals surface area contributed by atoms with Gasteiger partial charge in [-0.2, -0.15) is 0 Å². The first-order chi connectivity index (χ1) is 6.72. The summed E-state index contributed by atoms with van der Waals surface area (Å²) in [6.07, 6.45) is 1.03. The lowest BCUT2D eigenvalue weighted by Gasteiger charge is -2.16. The minimum absolute atomic E-state index is 0.379. The van der Waals surface area contributed by atoms with Gasteiger partial charge in [-0.3, -0.25) is 0 Å². The number of hydrogen-bond donors (Lipinski definition) is 1. The Morgan fingerprint density at radius 2 is 2.36 bits per heavy atom. The summed E-state index contributed by atoms with van der Waals surface area (Å²) in [7, 11) is 0. The molecule has 0 radical (unpaired) electrons. The van der Waals surface area contributed by atoms with Crippen molar-refractivity contribution in [3.8, 4) is 0 Å². The van der Waals surface area contributed by atoms with Crippen molar-refractivity contribution < 1.29 is 9.90 Å². The summed E-state index contributed by atoms with van der Waals surface area (Å²) in [5.41, 5.74) is 2.73. The molecule has 1 aromatic carbocycles. The maximum atomic E-state index is 10.8. The van der Waals surface area contributed by atoms with Gasteiger partial charge in [0.1, 0.15) is 0 Å². The first-order valence-corrected chi connectivity index (χ1v) is 4.83. The molecule has 0 saturated carbocycles. The van der Waals surface area contributed by atoms with Crippen molar-refractivity contribution in [2.75, 3.05) is 18.0 Å². The largest absolute Gasteiger partial charge is 0.478 e. The predicted octanol–water partition coefficient (Wildman–Crippen LogP) is 1.77. The average Bonchev–Trinajstić information content (AvgIpc) is 2.59. The van der Waals surface area contributed by atoms with Crippen molar-refractivity contribution in [1.82, 2.24) is 0 Å². The number of fused-ring (bicyclic) bond motifs is 1. The van der Waals surface area contributed by atoms with Gasteiger partial charge in [0.05, 0.1) is 5.56 Å². The van der Waals surface area contributed by atoms with Gasteiger partial charge in [-0.1, -0.05) is 6.07 Å². The Balaban J connectivity index is 2.42. The van der Waals surface area contributed by atoms with Crippen LogP contribution < -0.4 is 4.90 Å². The van der Waals surface area contributed by atoms with Gasteiger partial charge < -0.3 is 10.0 Å². The first-order valence-electron chi connectivity index (χ1n) is 4.83. The lowest BCUT2D eigenvalue weighted by Crippen LogP contribution is -2.19.